The van der Waals surface area contributed by atoms with Crippen molar-refractivity contribution in [2.75, 3.05) is 40.4 Å². The lowest BCUT2D eigenvalue weighted by Crippen LogP contribution is -2.61. The van der Waals surface area contributed by atoms with Crippen LogP contribution < -0.4 is 0 Å². The Kier molecular flexibility index (Phi) is 7.75. The maximum Gasteiger partial charge on any atom is 0.334 e. The van der Waals surface area contributed by atoms with Crippen molar-refractivity contribution in [3.63, 3.8) is 0 Å². The summed E-state index contributed by atoms with van der Waals surface area (Å²) in [7, 11) is 1.00. The summed E-state index contributed by atoms with van der Waals surface area (Å²) in [5, 5.41) is 0. The van der Waals surface area contributed by atoms with Gasteiger partial charge in [-0.1, -0.05) is 13.1 Å². The number of hydrogen-bond donors (Lipinski definition) is 0. The highest BCUT2D eigenvalue weighted by Crippen LogP contribution is 2.22. The van der Waals surface area contributed by atoms with Crippen LogP contribution in [0, 0.1) is 0 Å². The zero-order valence-corrected chi connectivity index (χ0v) is 18.3. The Bertz CT molecular complexity index is 331. The van der Waals surface area contributed by atoms with E-state index in [4.69, 9.17) is 8.85 Å². The average Bonchev–Trinajstić information content (AvgIpc) is 2.46. The van der Waals surface area contributed by atoms with Crippen molar-refractivity contribution < 1.29 is 8.85 Å². The van der Waals surface area contributed by atoms with Gasteiger partial charge in [0.1, 0.15) is 0 Å². The number of nitrogens with zero attached hydrogens (tertiary/aromatic N) is 2. The highest BCUT2D eigenvalue weighted by Gasteiger charge is 2.34. The third kappa shape index (κ3) is 5.72. The van der Waals surface area contributed by atoms with E-state index in [2.05, 4.69) is 50.2 Å². The van der Waals surface area contributed by atoms with Crippen molar-refractivity contribution in [2.45, 2.75) is 64.1 Å². The Balaban J connectivity index is 2.56. The predicted octanol–water partition coefficient (Wildman–Crippen LogP) is 2.55. The molecule has 0 aliphatic carbocycles. The van der Waals surface area contributed by atoms with Gasteiger partial charge in [-0.25, -0.2) is 0 Å². The van der Waals surface area contributed by atoms with E-state index >= 15 is 0 Å². The molecule has 0 aromatic heterocycles. The lowest BCUT2D eigenvalue weighted by molar-refractivity contribution is 0.0463. The standard InChI is InChI=1S/C16H38N2O2Si2/c1-16(2,3)18-12-11-17(15(14-18)21(6)7)10-9-13-22(8,19-4)20-5/h15,21H,9-14H2,1-8H3. The molecule has 1 fully saturated rings. The third-order valence-electron chi connectivity index (χ3n) is 5.19. The van der Waals surface area contributed by atoms with E-state index in [0.717, 1.165) is 11.7 Å². The lowest BCUT2D eigenvalue weighted by Gasteiger charge is -2.48. The maximum absolute atomic E-state index is 5.61. The molecule has 1 heterocycles. The van der Waals surface area contributed by atoms with E-state index in [0.29, 0.717) is 5.54 Å². The van der Waals surface area contributed by atoms with E-state index in [9.17, 15) is 0 Å². The molecule has 1 aliphatic rings. The SMILES string of the molecule is CO[Si](C)(CCCN1CCN(C(C)(C)C)CC1[SiH](C)C)OC. The average molecular weight is 347 g/mol. The Labute approximate surface area is 141 Å². The summed E-state index contributed by atoms with van der Waals surface area (Å²) in [6.07, 6.45) is 1.19. The number of piperazine rings is 1. The number of hydrogen-bond acceptors (Lipinski definition) is 4. The van der Waals surface area contributed by atoms with Crippen molar-refractivity contribution in [1.29, 1.82) is 0 Å². The first-order valence-electron chi connectivity index (χ1n) is 8.72. The van der Waals surface area contributed by atoms with Crippen LogP contribution in [0.25, 0.3) is 0 Å². The van der Waals surface area contributed by atoms with Gasteiger partial charge in [-0.3, -0.25) is 4.90 Å². The van der Waals surface area contributed by atoms with Gasteiger partial charge in [0, 0.05) is 45.1 Å². The lowest BCUT2D eigenvalue weighted by atomic mass is 10.0. The first-order valence-corrected chi connectivity index (χ1v) is 14.2. The van der Waals surface area contributed by atoms with Crippen LogP contribution in [0.1, 0.15) is 27.2 Å². The van der Waals surface area contributed by atoms with Crippen molar-refractivity contribution >= 4 is 17.4 Å². The van der Waals surface area contributed by atoms with Gasteiger partial charge in [-0.05, 0) is 46.3 Å². The topological polar surface area (TPSA) is 24.9 Å². The Morgan fingerprint density at radius 2 is 1.73 bits per heavy atom. The molecule has 132 valence electrons. The monoisotopic (exact) mass is 346 g/mol. The van der Waals surface area contributed by atoms with E-state index in [-0.39, 0.29) is 0 Å². The molecule has 1 rings (SSSR count). The second-order valence-corrected chi connectivity index (χ2v) is 15.0. The first kappa shape index (κ1) is 20.3. The van der Waals surface area contributed by atoms with Gasteiger partial charge < -0.3 is 13.8 Å². The molecule has 0 spiro atoms. The third-order valence-corrected chi connectivity index (χ3v) is 10.4. The van der Waals surface area contributed by atoms with E-state index in [1.165, 1.54) is 32.6 Å². The van der Waals surface area contributed by atoms with E-state index < -0.39 is 17.4 Å². The molecule has 1 saturated heterocycles. The molecule has 0 bridgehead atoms. The summed E-state index contributed by atoms with van der Waals surface area (Å²) in [6, 6.07) is 1.09. The van der Waals surface area contributed by atoms with E-state index in [1.54, 1.807) is 14.2 Å². The smallest absolute Gasteiger partial charge is 0.334 e. The molecule has 4 nitrogen and oxygen atoms in total. The van der Waals surface area contributed by atoms with Crippen LogP contribution in [-0.4, -0.2) is 78.8 Å². The van der Waals surface area contributed by atoms with Crippen LogP contribution in [0.2, 0.25) is 25.7 Å². The molecule has 1 unspecified atom stereocenters. The summed E-state index contributed by atoms with van der Waals surface area (Å²) in [5.41, 5.74) is 1.09. The van der Waals surface area contributed by atoms with Gasteiger partial charge in [0.15, 0.2) is 0 Å². The van der Waals surface area contributed by atoms with Crippen LogP contribution in [0.5, 0.6) is 0 Å². The molecular formula is C16H38N2O2Si2. The van der Waals surface area contributed by atoms with Crippen LogP contribution in [0.4, 0.5) is 0 Å². The summed E-state index contributed by atoms with van der Waals surface area (Å²) in [6.45, 7) is 19.0. The second kappa shape index (κ2) is 8.39. The van der Waals surface area contributed by atoms with Crippen LogP contribution in [-0.2, 0) is 8.85 Å². The minimum atomic E-state index is -1.90. The minimum Gasteiger partial charge on any atom is -0.398 e. The molecule has 22 heavy (non-hydrogen) atoms. The Morgan fingerprint density at radius 3 is 2.18 bits per heavy atom. The van der Waals surface area contributed by atoms with Gasteiger partial charge >= 0.3 is 8.56 Å². The molecule has 0 N–H and O–H groups in total. The fourth-order valence-electron chi connectivity index (χ4n) is 3.26. The van der Waals surface area contributed by atoms with E-state index in [1.807, 2.05) is 0 Å². The molecule has 1 aliphatic heterocycles. The van der Waals surface area contributed by atoms with Gasteiger partial charge in [0.2, 0.25) is 0 Å². The van der Waals surface area contributed by atoms with Crippen LogP contribution >= 0.6 is 0 Å². The summed E-state index contributed by atoms with van der Waals surface area (Å²) in [4.78, 5) is 5.42. The number of rotatable bonds is 7. The Hall–Kier alpha value is 0.274. The molecule has 0 aromatic rings. The van der Waals surface area contributed by atoms with Gasteiger partial charge in [0.25, 0.3) is 0 Å². The summed E-state index contributed by atoms with van der Waals surface area (Å²) < 4.78 is 11.2. The van der Waals surface area contributed by atoms with Crippen molar-refractivity contribution in [3.05, 3.63) is 0 Å². The highest BCUT2D eigenvalue weighted by atomic mass is 28.4. The molecule has 6 heteroatoms. The quantitative estimate of drug-likeness (QED) is 0.662. The fourth-order valence-corrected chi connectivity index (χ4v) is 6.45. The van der Waals surface area contributed by atoms with Crippen molar-refractivity contribution in [1.82, 2.24) is 9.80 Å². The van der Waals surface area contributed by atoms with Crippen molar-refractivity contribution in [2.24, 2.45) is 0 Å². The Morgan fingerprint density at radius 1 is 1.14 bits per heavy atom. The first-order chi connectivity index (χ1) is 10.1. The molecule has 0 saturated carbocycles. The summed E-state index contributed by atoms with van der Waals surface area (Å²) in [5.74, 6) is 0. The predicted molar refractivity (Wildman–Crippen MR) is 101 cm³/mol. The van der Waals surface area contributed by atoms with Gasteiger partial charge in [0.05, 0.1) is 8.80 Å². The highest BCUT2D eigenvalue weighted by molar-refractivity contribution is 6.65. The molecular weight excluding hydrogens is 308 g/mol. The molecule has 0 radical (unpaired) electrons. The zero-order chi connectivity index (χ0) is 17.0. The maximum atomic E-state index is 5.61. The van der Waals surface area contributed by atoms with Crippen LogP contribution in [0.3, 0.4) is 0 Å². The molecule has 0 aromatic carbocycles. The molecule has 1 atom stereocenters. The minimum absolute atomic E-state index is 0.297. The zero-order valence-electron chi connectivity index (χ0n) is 16.1. The fraction of sp³-hybridized carbons (Fsp3) is 1.00. The molecule has 0 amide bonds. The second-order valence-electron chi connectivity index (χ2n) is 8.11. The van der Waals surface area contributed by atoms with Gasteiger partial charge in [-0.15, -0.1) is 0 Å². The summed E-state index contributed by atoms with van der Waals surface area (Å²) >= 11 is 0. The van der Waals surface area contributed by atoms with Crippen molar-refractivity contribution in [3.8, 4) is 0 Å². The van der Waals surface area contributed by atoms with Gasteiger partial charge in [-0.2, -0.15) is 0 Å². The normalized spacial score (nSPS) is 22.5. The van der Waals surface area contributed by atoms with Crippen LogP contribution in [0.15, 0.2) is 0 Å². The largest absolute Gasteiger partial charge is 0.398 e.